The molecular weight excluding hydrogens is 390 g/mol. The normalized spacial score (nSPS) is 12.1. The van der Waals surface area contributed by atoms with Crippen LogP contribution in [0.4, 0.5) is 5.69 Å². The van der Waals surface area contributed by atoms with Crippen LogP contribution in [-0.4, -0.2) is 24.5 Å². The molecule has 30 heavy (non-hydrogen) atoms. The van der Waals surface area contributed by atoms with E-state index in [0.29, 0.717) is 6.54 Å². The first-order valence-electron chi connectivity index (χ1n) is 10.4. The fraction of sp³-hybridized carbons (Fsp3) is 0.360. The average Bonchev–Trinajstić information content (AvgIpc) is 3.00. The van der Waals surface area contributed by atoms with Crippen LogP contribution in [-0.2, 0) is 11.3 Å². The molecule has 0 radical (unpaired) electrons. The highest BCUT2D eigenvalue weighted by atomic mass is 32.1. The maximum absolute atomic E-state index is 12.6. The van der Waals surface area contributed by atoms with E-state index in [0.717, 1.165) is 39.0 Å². The molecule has 5 heteroatoms. The van der Waals surface area contributed by atoms with Crippen molar-refractivity contribution in [1.29, 1.82) is 0 Å². The molecule has 4 nitrogen and oxygen atoms in total. The molecule has 1 unspecified atom stereocenters. The predicted molar refractivity (Wildman–Crippen MR) is 127 cm³/mol. The first kappa shape index (κ1) is 22.2. The smallest absolute Gasteiger partial charge is 0.279 e. The number of amides is 1. The summed E-state index contributed by atoms with van der Waals surface area (Å²) in [5.41, 5.74) is 9.15. The molecule has 1 aromatic heterocycles. The summed E-state index contributed by atoms with van der Waals surface area (Å²) in [6.07, 6.45) is 0. The van der Waals surface area contributed by atoms with E-state index in [4.69, 9.17) is 4.98 Å². The molecule has 0 fully saturated rings. The molecular formula is C25H32N3OS+. The maximum Gasteiger partial charge on any atom is 0.279 e. The number of likely N-dealkylation sites (N-methyl/N-ethyl adjacent to an activating group) is 1. The van der Waals surface area contributed by atoms with Gasteiger partial charge in [0.25, 0.3) is 5.91 Å². The summed E-state index contributed by atoms with van der Waals surface area (Å²) in [5, 5.41) is 4.16. The zero-order valence-electron chi connectivity index (χ0n) is 19.1. The third kappa shape index (κ3) is 5.15. The van der Waals surface area contributed by atoms with E-state index < -0.39 is 0 Å². The van der Waals surface area contributed by atoms with Crippen LogP contribution in [0.5, 0.6) is 0 Å². The Bertz CT molecular complexity index is 1060. The molecule has 1 atom stereocenters. The number of rotatable bonds is 6. The van der Waals surface area contributed by atoms with Crippen LogP contribution in [0.2, 0.25) is 0 Å². The van der Waals surface area contributed by atoms with E-state index in [-0.39, 0.29) is 5.91 Å². The Labute approximate surface area is 184 Å². The second kappa shape index (κ2) is 9.11. The van der Waals surface area contributed by atoms with E-state index >= 15 is 0 Å². The number of anilines is 1. The first-order chi connectivity index (χ1) is 14.1. The molecule has 3 rings (SSSR count). The number of thiazole rings is 1. The van der Waals surface area contributed by atoms with E-state index in [2.05, 4.69) is 63.3 Å². The molecule has 0 aliphatic heterocycles. The Hall–Kier alpha value is -2.50. The third-order valence-electron chi connectivity index (χ3n) is 5.48. The fourth-order valence-corrected chi connectivity index (χ4v) is 4.91. The van der Waals surface area contributed by atoms with Crippen molar-refractivity contribution in [2.24, 2.45) is 0 Å². The van der Waals surface area contributed by atoms with Gasteiger partial charge in [0.15, 0.2) is 6.54 Å². The number of carbonyl (C=O) groups excluding carboxylic acids is 1. The van der Waals surface area contributed by atoms with Gasteiger partial charge < -0.3 is 10.2 Å². The number of carbonyl (C=O) groups is 1. The van der Waals surface area contributed by atoms with Gasteiger partial charge in [0.05, 0.1) is 12.7 Å². The summed E-state index contributed by atoms with van der Waals surface area (Å²) in [7, 11) is 2.04. The summed E-state index contributed by atoms with van der Waals surface area (Å²) in [6.45, 7) is 13.7. The van der Waals surface area contributed by atoms with Crippen LogP contribution in [0, 0.1) is 41.5 Å². The SMILES string of the molecule is Cc1cc(C)c(NC(=O)C[NH+](C)Cc2nc(-c3ccc(C)c(C)c3)c(C)s2)c(C)c1. The largest absolute Gasteiger partial charge is 0.324 e. The standard InChI is InChI=1S/C25H31N3OS/c1-15-10-18(4)24(19(5)11-15)26-22(29)13-28(7)14-23-27-25(20(6)30-23)21-9-8-16(2)17(3)12-21/h8-12H,13-14H2,1-7H3,(H,26,29)/p+1. The van der Waals surface area contributed by atoms with Crippen molar-refractivity contribution < 1.29 is 9.69 Å². The molecule has 0 aliphatic carbocycles. The summed E-state index contributed by atoms with van der Waals surface area (Å²) in [6, 6.07) is 10.7. The highest BCUT2D eigenvalue weighted by Crippen LogP contribution is 2.28. The number of benzene rings is 2. The lowest BCUT2D eigenvalue weighted by atomic mass is 10.0. The van der Waals surface area contributed by atoms with E-state index in [1.807, 2.05) is 20.9 Å². The molecule has 2 aromatic carbocycles. The quantitative estimate of drug-likeness (QED) is 0.622. The summed E-state index contributed by atoms with van der Waals surface area (Å²) in [4.78, 5) is 19.8. The van der Waals surface area contributed by atoms with Crippen LogP contribution in [0.25, 0.3) is 11.3 Å². The highest BCUT2D eigenvalue weighted by molar-refractivity contribution is 7.12. The molecule has 0 bridgehead atoms. The Morgan fingerprint density at radius 3 is 2.27 bits per heavy atom. The van der Waals surface area contributed by atoms with Crippen molar-refractivity contribution in [2.75, 3.05) is 18.9 Å². The number of aromatic nitrogens is 1. The second-order valence-electron chi connectivity index (χ2n) is 8.44. The number of aryl methyl sites for hydroxylation is 6. The minimum absolute atomic E-state index is 0.0326. The molecule has 0 spiro atoms. The molecule has 1 heterocycles. The molecule has 3 aromatic rings. The number of quaternary nitrogens is 1. The molecule has 0 saturated heterocycles. The molecule has 0 saturated carbocycles. The van der Waals surface area contributed by atoms with Gasteiger partial charge in [-0.15, -0.1) is 11.3 Å². The van der Waals surface area contributed by atoms with Crippen LogP contribution in [0.1, 0.15) is 37.7 Å². The lowest BCUT2D eigenvalue weighted by molar-refractivity contribution is -0.885. The van der Waals surface area contributed by atoms with Gasteiger partial charge in [-0.05, 0) is 69.9 Å². The fourth-order valence-electron chi connectivity index (χ4n) is 3.84. The van der Waals surface area contributed by atoms with E-state index in [1.54, 1.807) is 11.3 Å². The Kier molecular flexibility index (Phi) is 6.74. The summed E-state index contributed by atoms with van der Waals surface area (Å²) < 4.78 is 0. The average molecular weight is 423 g/mol. The lowest BCUT2D eigenvalue weighted by Gasteiger charge is -2.15. The molecule has 158 valence electrons. The van der Waals surface area contributed by atoms with Gasteiger partial charge >= 0.3 is 0 Å². The third-order valence-corrected chi connectivity index (χ3v) is 6.45. The van der Waals surface area contributed by atoms with Crippen LogP contribution < -0.4 is 10.2 Å². The Morgan fingerprint density at radius 1 is 0.967 bits per heavy atom. The minimum Gasteiger partial charge on any atom is -0.324 e. The zero-order valence-corrected chi connectivity index (χ0v) is 19.9. The number of hydrogen-bond donors (Lipinski definition) is 2. The lowest BCUT2D eigenvalue weighted by Crippen LogP contribution is -3.08. The first-order valence-corrected chi connectivity index (χ1v) is 11.2. The summed E-state index contributed by atoms with van der Waals surface area (Å²) in [5.74, 6) is 0.0326. The number of nitrogens with zero attached hydrogens (tertiary/aromatic N) is 1. The van der Waals surface area contributed by atoms with E-state index in [1.165, 1.54) is 27.1 Å². The van der Waals surface area contributed by atoms with Crippen LogP contribution in [0.15, 0.2) is 30.3 Å². The molecule has 2 N–H and O–H groups in total. The van der Waals surface area contributed by atoms with E-state index in [9.17, 15) is 4.79 Å². The minimum atomic E-state index is 0.0326. The van der Waals surface area contributed by atoms with Crippen molar-refractivity contribution in [1.82, 2.24) is 4.98 Å². The van der Waals surface area contributed by atoms with Crippen molar-refractivity contribution in [3.63, 3.8) is 0 Å². The monoisotopic (exact) mass is 422 g/mol. The van der Waals surface area contributed by atoms with Gasteiger partial charge in [-0.2, -0.15) is 0 Å². The van der Waals surface area contributed by atoms with Crippen molar-refractivity contribution >= 4 is 22.9 Å². The van der Waals surface area contributed by atoms with Gasteiger partial charge in [0.2, 0.25) is 0 Å². The van der Waals surface area contributed by atoms with Gasteiger partial charge in [-0.3, -0.25) is 4.79 Å². The number of hydrogen-bond acceptors (Lipinski definition) is 3. The van der Waals surface area contributed by atoms with Crippen molar-refractivity contribution in [3.05, 3.63) is 68.0 Å². The highest BCUT2D eigenvalue weighted by Gasteiger charge is 2.17. The summed E-state index contributed by atoms with van der Waals surface area (Å²) >= 11 is 1.72. The molecule has 0 aliphatic rings. The second-order valence-corrected chi connectivity index (χ2v) is 9.73. The van der Waals surface area contributed by atoms with Crippen molar-refractivity contribution in [3.8, 4) is 11.3 Å². The van der Waals surface area contributed by atoms with Crippen LogP contribution >= 0.6 is 11.3 Å². The van der Waals surface area contributed by atoms with Crippen LogP contribution in [0.3, 0.4) is 0 Å². The number of nitrogens with one attached hydrogen (secondary N) is 2. The maximum atomic E-state index is 12.6. The van der Waals surface area contributed by atoms with Crippen molar-refractivity contribution in [2.45, 2.75) is 48.1 Å². The van der Waals surface area contributed by atoms with Gasteiger partial charge in [-0.25, -0.2) is 4.98 Å². The van der Waals surface area contributed by atoms with Gasteiger partial charge in [0, 0.05) is 16.1 Å². The van der Waals surface area contributed by atoms with Gasteiger partial charge in [0.1, 0.15) is 11.6 Å². The van der Waals surface area contributed by atoms with Gasteiger partial charge in [-0.1, -0.05) is 29.8 Å². The topological polar surface area (TPSA) is 46.4 Å². The zero-order chi connectivity index (χ0) is 22.0. The Balaban J connectivity index is 1.66. The Morgan fingerprint density at radius 2 is 1.63 bits per heavy atom. The molecule has 1 amide bonds. The predicted octanol–water partition coefficient (Wildman–Crippen LogP) is 4.31.